The van der Waals surface area contributed by atoms with Gasteiger partial charge in [-0.05, 0) is 97.4 Å². The molecule has 0 atom stereocenters. The molecule has 0 aliphatic heterocycles. The standard InChI is InChI=1S/C48H33N/c1-3-13-34(14-4-1)42-31-43(35-15-5-2-6-16-35)33-44(32-42)49(47-23-11-20-37-18-9-10-22-45(37)47)48-24-12-21-41-30-40(27-28-46(41)48)39-26-25-36-17-7-8-19-38(36)29-39/h1-33H. The van der Waals surface area contributed by atoms with E-state index in [9.17, 15) is 0 Å². The van der Waals surface area contributed by atoms with E-state index in [0.29, 0.717) is 0 Å². The van der Waals surface area contributed by atoms with Crippen molar-refractivity contribution in [2.75, 3.05) is 4.90 Å². The van der Waals surface area contributed by atoms with E-state index in [0.717, 1.165) is 17.1 Å². The molecule has 0 heterocycles. The highest BCUT2D eigenvalue weighted by Gasteiger charge is 2.20. The molecular weight excluding hydrogens is 591 g/mol. The summed E-state index contributed by atoms with van der Waals surface area (Å²) >= 11 is 0. The van der Waals surface area contributed by atoms with E-state index >= 15 is 0 Å². The highest BCUT2D eigenvalue weighted by molar-refractivity contribution is 6.06. The fourth-order valence-corrected chi connectivity index (χ4v) is 7.16. The molecule has 9 aromatic rings. The Morgan fingerprint density at radius 3 is 1.41 bits per heavy atom. The quantitative estimate of drug-likeness (QED) is 0.178. The maximum Gasteiger partial charge on any atom is 0.0540 e. The smallest absolute Gasteiger partial charge is 0.0540 e. The number of hydrogen-bond donors (Lipinski definition) is 0. The average Bonchev–Trinajstić information content (AvgIpc) is 3.18. The molecule has 0 saturated carbocycles. The van der Waals surface area contributed by atoms with E-state index in [1.54, 1.807) is 0 Å². The lowest BCUT2D eigenvalue weighted by atomic mass is 9.95. The molecule has 49 heavy (non-hydrogen) atoms. The van der Waals surface area contributed by atoms with Crippen LogP contribution in [-0.2, 0) is 0 Å². The predicted octanol–water partition coefficient (Wildman–Crippen LogP) is 13.6. The Morgan fingerprint density at radius 1 is 0.245 bits per heavy atom. The molecule has 0 aromatic heterocycles. The number of anilines is 3. The van der Waals surface area contributed by atoms with E-state index in [1.165, 1.54) is 65.7 Å². The molecule has 1 nitrogen and oxygen atoms in total. The Labute approximate surface area is 287 Å². The zero-order valence-corrected chi connectivity index (χ0v) is 27.0. The minimum Gasteiger partial charge on any atom is -0.309 e. The van der Waals surface area contributed by atoms with Gasteiger partial charge in [0, 0.05) is 16.5 Å². The normalized spacial score (nSPS) is 11.3. The average molecular weight is 624 g/mol. The van der Waals surface area contributed by atoms with E-state index in [4.69, 9.17) is 0 Å². The molecule has 0 radical (unpaired) electrons. The van der Waals surface area contributed by atoms with Gasteiger partial charge in [0.2, 0.25) is 0 Å². The minimum absolute atomic E-state index is 1.11. The Balaban J connectivity index is 1.28. The fraction of sp³-hybridized carbons (Fsp3) is 0. The van der Waals surface area contributed by atoms with Crippen LogP contribution in [0.1, 0.15) is 0 Å². The SMILES string of the molecule is c1ccc(-c2cc(-c3ccccc3)cc(N(c3cccc4ccccc34)c3cccc4cc(-c5ccc6ccccc6c5)ccc34)c2)cc1. The molecule has 0 unspecified atom stereocenters. The third-order valence-electron chi connectivity index (χ3n) is 9.58. The first kappa shape index (κ1) is 28.8. The molecule has 9 rings (SSSR count). The number of nitrogens with zero attached hydrogens (tertiary/aromatic N) is 1. The third-order valence-corrected chi connectivity index (χ3v) is 9.58. The van der Waals surface area contributed by atoms with Crippen molar-refractivity contribution in [3.63, 3.8) is 0 Å². The molecule has 0 fully saturated rings. The highest BCUT2D eigenvalue weighted by atomic mass is 15.1. The molecule has 9 aromatic carbocycles. The van der Waals surface area contributed by atoms with Crippen LogP contribution in [0.4, 0.5) is 17.1 Å². The number of rotatable bonds is 6. The molecule has 0 amide bonds. The highest BCUT2D eigenvalue weighted by Crippen LogP contribution is 2.45. The van der Waals surface area contributed by atoms with Gasteiger partial charge in [-0.15, -0.1) is 0 Å². The lowest BCUT2D eigenvalue weighted by Crippen LogP contribution is -2.11. The summed E-state index contributed by atoms with van der Waals surface area (Å²) < 4.78 is 0. The van der Waals surface area contributed by atoms with Gasteiger partial charge in [-0.1, -0.05) is 158 Å². The lowest BCUT2D eigenvalue weighted by Gasteiger charge is -2.29. The summed E-state index contributed by atoms with van der Waals surface area (Å²) in [4.78, 5) is 2.46. The van der Waals surface area contributed by atoms with Gasteiger partial charge in [0.1, 0.15) is 0 Å². The van der Waals surface area contributed by atoms with Gasteiger partial charge >= 0.3 is 0 Å². The van der Waals surface area contributed by atoms with Crippen molar-refractivity contribution in [2.24, 2.45) is 0 Å². The van der Waals surface area contributed by atoms with Crippen molar-refractivity contribution < 1.29 is 0 Å². The van der Waals surface area contributed by atoms with Crippen LogP contribution in [0.15, 0.2) is 200 Å². The molecule has 0 spiro atoms. The van der Waals surface area contributed by atoms with Gasteiger partial charge in [0.15, 0.2) is 0 Å². The molecule has 0 bridgehead atoms. The molecule has 1 heteroatoms. The molecule has 230 valence electrons. The Hall–Kier alpha value is -6.44. The van der Waals surface area contributed by atoms with Crippen molar-refractivity contribution in [3.05, 3.63) is 200 Å². The van der Waals surface area contributed by atoms with Crippen molar-refractivity contribution in [1.82, 2.24) is 0 Å². The van der Waals surface area contributed by atoms with Crippen LogP contribution in [0, 0.1) is 0 Å². The second-order valence-electron chi connectivity index (χ2n) is 12.6. The van der Waals surface area contributed by atoms with Crippen LogP contribution >= 0.6 is 0 Å². The van der Waals surface area contributed by atoms with E-state index in [-0.39, 0.29) is 0 Å². The van der Waals surface area contributed by atoms with Crippen molar-refractivity contribution in [2.45, 2.75) is 0 Å². The van der Waals surface area contributed by atoms with Crippen molar-refractivity contribution in [3.8, 4) is 33.4 Å². The summed E-state index contributed by atoms with van der Waals surface area (Å²) in [6.45, 7) is 0. The fourth-order valence-electron chi connectivity index (χ4n) is 7.16. The van der Waals surface area contributed by atoms with E-state index < -0.39 is 0 Å². The van der Waals surface area contributed by atoms with Crippen LogP contribution in [-0.4, -0.2) is 0 Å². The van der Waals surface area contributed by atoms with Gasteiger partial charge < -0.3 is 4.90 Å². The van der Waals surface area contributed by atoms with Gasteiger partial charge in [0.25, 0.3) is 0 Å². The minimum atomic E-state index is 1.11. The summed E-state index contributed by atoms with van der Waals surface area (Å²) in [6, 6.07) is 72.6. The molecule has 0 aliphatic carbocycles. The second-order valence-corrected chi connectivity index (χ2v) is 12.6. The maximum atomic E-state index is 2.46. The molecule has 0 N–H and O–H groups in total. The second kappa shape index (κ2) is 12.3. The van der Waals surface area contributed by atoms with Crippen LogP contribution in [0.3, 0.4) is 0 Å². The maximum absolute atomic E-state index is 2.46. The third kappa shape index (κ3) is 5.42. The molecular formula is C48H33N. The van der Waals surface area contributed by atoms with Crippen LogP contribution < -0.4 is 4.90 Å². The van der Waals surface area contributed by atoms with Gasteiger partial charge in [-0.25, -0.2) is 0 Å². The summed E-state index contributed by atoms with van der Waals surface area (Å²) in [7, 11) is 0. The number of benzene rings is 9. The summed E-state index contributed by atoms with van der Waals surface area (Å²) in [5.74, 6) is 0. The summed E-state index contributed by atoms with van der Waals surface area (Å²) in [5.41, 5.74) is 10.6. The van der Waals surface area contributed by atoms with E-state index in [2.05, 4.69) is 205 Å². The zero-order chi connectivity index (χ0) is 32.6. The Kier molecular flexibility index (Phi) is 7.22. The topological polar surface area (TPSA) is 3.24 Å². The first-order chi connectivity index (χ1) is 24.3. The van der Waals surface area contributed by atoms with Crippen molar-refractivity contribution in [1.29, 1.82) is 0 Å². The first-order valence-electron chi connectivity index (χ1n) is 16.8. The van der Waals surface area contributed by atoms with E-state index in [1.807, 2.05) is 0 Å². The largest absolute Gasteiger partial charge is 0.309 e. The Morgan fingerprint density at radius 2 is 0.735 bits per heavy atom. The number of fused-ring (bicyclic) bond motifs is 3. The van der Waals surface area contributed by atoms with Crippen LogP contribution in [0.25, 0.3) is 65.7 Å². The summed E-state index contributed by atoms with van der Waals surface area (Å²) in [5, 5.41) is 7.34. The van der Waals surface area contributed by atoms with Crippen LogP contribution in [0.2, 0.25) is 0 Å². The summed E-state index contributed by atoms with van der Waals surface area (Å²) in [6.07, 6.45) is 0. The molecule has 0 saturated heterocycles. The monoisotopic (exact) mass is 623 g/mol. The Bertz CT molecular complexity index is 2540. The molecule has 0 aliphatic rings. The zero-order valence-electron chi connectivity index (χ0n) is 27.0. The predicted molar refractivity (Wildman–Crippen MR) is 210 cm³/mol. The van der Waals surface area contributed by atoms with Gasteiger partial charge in [-0.2, -0.15) is 0 Å². The first-order valence-corrected chi connectivity index (χ1v) is 16.8. The lowest BCUT2D eigenvalue weighted by molar-refractivity contribution is 1.31. The van der Waals surface area contributed by atoms with Crippen LogP contribution in [0.5, 0.6) is 0 Å². The number of hydrogen-bond acceptors (Lipinski definition) is 1. The van der Waals surface area contributed by atoms with Gasteiger partial charge in [0.05, 0.1) is 11.4 Å². The van der Waals surface area contributed by atoms with Crippen molar-refractivity contribution >= 4 is 49.4 Å². The van der Waals surface area contributed by atoms with Gasteiger partial charge in [-0.3, -0.25) is 0 Å².